The number of halogens is 1. The van der Waals surface area contributed by atoms with Gasteiger partial charge in [0.15, 0.2) is 5.96 Å². The zero-order valence-corrected chi connectivity index (χ0v) is 16.9. The molecule has 2 aromatic rings. The predicted molar refractivity (Wildman–Crippen MR) is 106 cm³/mol. The van der Waals surface area contributed by atoms with Gasteiger partial charge >= 0.3 is 0 Å². The molecule has 0 bridgehead atoms. The summed E-state index contributed by atoms with van der Waals surface area (Å²) in [5.41, 5.74) is 0. The van der Waals surface area contributed by atoms with Crippen molar-refractivity contribution in [2.45, 2.75) is 39.8 Å². The van der Waals surface area contributed by atoms with E-state index in [0.29, 0.717) is 6.54 Å². The number of nitrogens with zero attached hydrogens (tertiary/aromatic N) is 5. The van der Waals surface area contributed by atoms with E-state index >= 15 is 0 Å². The molecule has 0 radical (unpaired) electrons. The van der Waals surface area contributed by atoms with Gasteiger partial charge in [-0.3, -0.25) is 4.99 Å². The van der Waals surface area contributed by atoms with Crippen LogP contribution in [0.1, 0.15) is 31.9 Å². The number of aliphatic imine (C=N–C) groups is 1. The molecule has 2 rings (SSSR count). The minimum atomic E-state index is 0. The maximum atomic E-state index is 5.41. The van der Waals surface area contributed by atoms with Crippen molar-refractivity contribution in [2.75, 3.05) is 20.1 Å². The zero-order valence-electron chi connectivity index (χ0n) is 14.6. The van der Waals surface area contributed by atoms with Crippen molar-refractivity contribution in [3.63, 3.8) is 0 Å². The predicted octanol–water partition coefficient (Wildman–Crippen LogP) is 2.54. The van der Waals surface area contributed by atoms with E-state index in [4.69, 9.17) is 4.42 Å². The van der Waals surface area contributed by atoms with Crippen molar-refractivity contribution in [3.05, 3.63) is 36.3 Å². The van der Waals surface area contributed by atoms with Gasteiger partial charge in [-0.05, 0) is 18.6 Å². The standard InChI is InChI=1S/C16H26N6O.HI/c1-4-8-17-16(21(3)12-14-7-6-11-23-14)18-9-10-22-13-19-20-15(22)5-2;/h6-7,11,13H,4-5,8-10,12H2,1-3H3,(H,17,18);1H. The van der Waals surface area contributed by atoms with Gasteiger partial charge in [0.2, 0.25) is 0 Å². The number of aryl methyl sites for hydroxylation is 1. The summed E-state index contributed by atoms with van der Waals surface area (Å²) in [4.78, 5) is 6.70. The first-order valence-electron chi connectivity index (χ1n) is 8.13. The molecule has 0 spiro atoms. The molecular weight excluding hydrogens is 419 g/mol. The Hall–Kier alpha value is -1.58. The smallest absolute Gasteiger partial charge is 0.194 e. The monoisotopic (exact) mass is 446 g/mol. The maximum Gasteiger partial charge on any atom is 0.194 e. The average Bonchev–Trinajstić information content (AvgIpc) is 3.21. The van der Waals surface area contributed by atoms with Gasteiger partial charge in [-0.2, -0.15) is 0 Å². The maximum absolute atomic E-state index is 5.41. The normalized spacial score (nSPS) is 11.2. The number of nitrogens with one attached hydrogen (secondary N) is 1. The van der Waals surface area contributed by atoms with E-state index in [2.05, 4.69) is 43.8 Å². The summed E-state index contributed by atoms with van der Waals surface area (Å²) < 4.78 is 7.47. The molecule has 1 N–H and O–H groups in total. The van der Waals surface area contributed by atoms with Crippen LogP contribution >= 0.6 is 24.0 Å². The Labute approximate surface area is 160 Å². The summed E-state index contributed by atoms with van der Waals surface area (Å²) in [6, 6.07) is 3.87. The molecule has 7 nitrogen and oxygen atoms in total. The summed E-state index contributed by atoms with van der Waals surface area (Å²) >= 11 is 0. The van der Waals surface area contributed by atoms with Crippen LogP contribution in [-0.2, 0) is 19.5 Å². The Kier molecular flexibility index (Phi) is 9.43. The van der Waals surface area contributed by atoms with Crippen LogP contribution in [0.2, 0.25) is 0 Å². The van der Waals surface area contributed by atoms with Crippen LogP contribution in [0.25, 0.3) is 0 Å². The summed E-state index contributed by atoms with van der Waals surface area (Å²) in [7, 11) is 2.01. The highest BCUT2D eigenvalue weighted by Gasteiger charge is 2.09. The number of rotatable bonds is 8. The Morgan fingerprint density at radius 3 is 2.92 bits per heavy atom. The lowest BCUT2D eigenvalue weighted by atomic mass is 10.4. The fourth-order valence-corrected chi connectivity index (χ4v) is 2.27. The quantitative estimate of drug-likeness (QED) is 0.384. The van der Waals surface area contributed by atoms with E-state index in [1.807, 2.05) is 19.2 Å². The molecule has 134 valence electrons. The molecule has 0 unspecified atom stereocenters. The first kappa shape index (κ1) is 20.5. The van der Waals surface area contributed by atoms with Gasteiger partial charge in [-0.15, -0.1) is 34.2 Å². The number of furan rings is 1. The topological polar surface area (TPSA) is 71.5 Å². The Bertz CT molecular complexity index is 595. The molecule has 0 fully saturated rings. The second kappa shape index (κ2) is 11.1. The summed E-state index contributed by atoms with van der Waals surface area (Å²) in [5, 5.41) is 11.5. The summed E-state index contributed by atoms with van der Waals surface area (Å²) in [6.45, 7) is 7.29. The molecule has 0 aliphatic carbocycles. The largest absolute Gasteiger partial charge is 0.467 e. The minimum absolute atomic E-state index is 0. The van der Waals surface area contributed by atoms with Gasteiger partial charge in [-0.25, -0.2) is 0 Å². The highest BCUT2D eigenvalue weighted by Crippen LogP contribution is 2.04. The third-order valence-corrected chi connectivity index (χ3v) is 3.47. The van der Waals surface area contributed by atoms with Crippen LogP contribution in [0.3, 0.4) is 0 Å². The lowest BCUT2D eigenvalue weighted by Gasteiger charge is -2.21. The average molecular weight is 446 g/mol. The highest BCUT2D eigenvalue weighted by molar-refractivity contribution is 14.0. The molecule has 0 aliphatic rings. The molecule has 2 heterocycles. The number of aromatic nitrogens is 3. The van der Waals surface area contributed by atoms with Crippen molar-refractivity contribution in [3.8, 4) is 0 Å². The van der Waals surface area contributed by atoms with Crippen LogP contribution < -0.4 is 5.32 Å². The molecule has 2 aromatic heterocycles. The van der Waals surface area contributed by atoms with Crippen LogP contribution in [-0.4, -0.2) is 45.8 Å². The number of hydrogen-bond donors (Lipinski definition) is 1. The lowest BCUT2D eigenvalue weighted by Crippen LogP contribution is -2.40. The summed E-state index contributed by atoms with van der Waals surface area (Å²) in [5.74, 6) is 2.81. The molecular formula is C16H27IN6O. The Balaban J connectivity index is 0.00000288. The van der Waals surface area contributed by atoms with Gasteiger partial charge in [0.25, 0.3) is 0 Å². The van der Waals surface area contributed by atoms with E-state index in [9.17, 15) is 0 Å². The fraction of sp³-hybridized carbons (Fsp3) is 0.562. The molecule has 8 heteroatoms. The van der Waals surface area contributed by atoms with Crippen molar-refractivity contribution in [1.82, 2.24) is 25.0 Å². The van der Waals surface area contributed by atoms with Gasteiger partial charge in [0.05, 0.1) is 12.8 Å². The van der Waals surface area contributed by atoms with E-state index in [1.54, 1.807) is 12.6 Å². The van der Waals surface area contributed by atoms with Crippen LogP contribution in [0.5, 0.6) is 0 Å². The highest BCUT2D eigenvalue weighted by atomic mass is 127. The zero-order chi connectivity index (χ0) is 16.5. The summed E-state index contributed by atoms with van der Waals surface area (Å²) in [6.07, 6.45) is 5.37. The molecule has 0 amide bonds. The van der Waals surface area contributed by atoms with Crippen molar-refractivity contribution < 1.29 is 4.42 Å². The number of hydrogen-bond acceptors (Lipinski definition) is 4. The molecule has 0 saturated heterocycles. The van der Waals surface area contributed by atoms with E-state index in [1.165, 1.54) is 0 Å². The molecule has 0 atom stereocenters. The SMILES string of the molecule is CCCN=C(NCCn1cnnc1CC)N(C)Cc1ccco1.I. The van der Waals surface area contributed by atoms with Gasteiger partial charge < -0.3 is 19.2 Å². The Morgan fingerprint density at radius 2 is 2.25 bits per heavy atom. The first-order chi connectivity index (χ1) is 11.2. The van der Waals surface area contributed by atoms with Gasteiger partial charge in [0, 0.05) is 33.1 Å². The molecule has 0 saturated carbocycles. The molecule has 0 aromatic carbocycles. The third-order valence-electron chi connectivity index (χ3n) is 3.47. The van der Waals surface area contributed by atoms with E-state index < -0.39 is 0 Å². The second-order valence-electron chi connectivity index (χ2n) is 5.36. The second-order valence-corrected chi connectivity index (χ2v) is 5.36. The molecule has 0 aliphatic heterocycles. The van der Waals surface area contributed by atoms with Crippen LogP contribution in [0.15, 0.2) is 34.1 Å². The fourth-order valence-electron chi connectivity index (χ4n) is 2.27. The van der Waals surface area contributed by atoms with Crippen LogP contribution in [0.4, 0.5) is 0 Å². The van der Waals surface area contributed by atoms with Crippen molar-refractivity contribution in [2.24, 2.45) is 4.99 Å². The van der Waals surface area contributed by atoms with E-state index in [0.717, 1.165) is 50.0 Å². The van der Waals surface area contributed by atoms with Crippen LogP contribution in [0, 0.1) is 0 Å². The van der Waals surface area contributed by atoms with Crippen molar-refractivity contribution in [1.29, 1.82) is 0 Å². The number of guanidine groups is 1. The lowest BCUT2D eigenvalue weighted by molar-refractivity contribution is 0.398. The van der Waals surface area contributed by atoms with Gasteiger partial charge in [-0.1, -0.05) is 13.8 Å². The Morgan fingerprint density at radius 1 is 1.42 bits per heavy atom. The first-order valence-corrected chi connectivity index (χ1v) is 8.13. The third kappa shape index (κ3) is 6.14. The van der Waals surface area contributed by atoms with Gasteiger partial charge in [0.1, 0.15) is 17.9 Å². The van der Waals surface area contributed by atoms with E-state index in [-0.39, 0.29) is 24.0 Å². The minimum Gasteiger partial charge on any atom is -0.467 e. The van der Waals surface area contributed by atoms with Crippen molar-refractivity contribution >= 4 is 29.9 Å². The molecule has 24 heavy (non-hydrogen) atoms.